The first-order valence-corrected chi connectivity index (χ1v) is 8.97. The average Bonchev–Trinajstić information content (AvgIpc) is 2.53. The molecule has 0 spiro atoms. The van der Waals surface area contributed by atoms with Crippen LogP contribution in [0.15, 0.2) is 48.5 Å². The molecule has 0 amide bonds. The zero-order valence-electron chi connectivity index (χ0n) is 13.2. The lowest BCUT2D eigenvalue weighted by molar-refractivity contribution is 0.283. The van der Waals surface area contributed by atoms with Crippen molar-refractivity contribution in [3.8, 4) is 11.5 Å². The zero-order valence-corrected chi connectivity index (χ0v) is 14.0. The van der Waals surface area contributed by atoms with E-state index in [9.17, 15) is 8.42 Å². The van der Waals surface area contributed by atoms with Crippen LogP contribution < -0.4 is 9.47 Å². The van der Waals surface area contributed by atoms with Crippen LogP contribution >= 0.6 is 0 Å². The molecule has 0 aliphatic carbocycles. The van der Waals surface area contributed by atoms with E-state index in [0.29, 0.717) is 24.5 Å². The van der Waals surface area contributed by atoms with Crippen molar-refractivity contribution in [1.82, 2.24) is 0 Å². The van der Waals surface area contributed by atoms with E-state index < -0.39 is 10.1 Å². The van der Waals surface area contributed by atoms with Crippen LogP contribution in [-0.2, 0) is 27.3 Å². The summed E-state index contributed by atoms with van der Waals surface area (Å²) in [6.07, 6.45) is 1.51. The second-order valence-electron chi connectivity index (χ2n) is 5.04. The molecule has 0 aliphatic rings. The molecule has 5 nitrogen and oxygen atoms in total. The van der Waals surface area contributed by atoms with Gasteiger partial charge in [-0.3, -0.25) is 4.18 Å². The van der Waals surface area contributed by atoms with Crippen molar-refractivity contribution in [2.24, 2.45) is 0 Å². The Balaban J connectivity index is 2.03. The normalized spacial score (nSPS) is 11.2. The fraction of sp³-hybridized carbons (Fsp3) is 0.294. The molecule has 0 heterocycles. The lowest BCUT2D eigenvalue weighted by Gasteiger charge is -2.12. The van der Waals surface area contributed by atoms with Crippen molar-refractivity contribution < 1.29 is 22.1 Å². The minimum atomic E-state index is -3.42. The van der Waals surface area contributed by atoms with Crippen LogP contribution in [0.25, 0.3) is 0 Å². The topological polar surface area (TPSA) is 61.8 Å². The Labute approximate surface area is 136 Å². The van der Waals surface area contributed by atoms with E-state index in [2.05, 4.69) is 0 Å². The number of methoxy groups -OCH3 is 1. The van der Waals surface area contributed by atoms with Crippen LogP contribution in [0.4, 0.5) is 0 Å². The van der Waals surface area contributed by atoms with Gasteiger partial charge < -0.3 is 9.47 Å². The van der Waals surface area contributed by atoms with Crippen molar-refractivity contribution in [3.05, 3.63) is 59.7 Å². The maximum atomic E-state index is 11.0. The first-order chi connectivity index (χ1) is 11.0. The summed E-state index contributed by atoms with van der Waals surface area (Å²) in [5.41, 5.74) is 1.97. The van der Waals surface area contributed by atoms with Crippen LogP contribution in [0.1, 0.15) is 11.1 Å². The van der Waals surface area contributed by atoms with Gasteiger partial charge in [0.15, 0.2) is 11.5 Å². The molecule has 0 bridgehead atoms. The number of hydrogen-bond donors (Lipinski definition) is 0. The molecule has 0 N–H and O–H groups in total. The molecule has 0 saturated heterocycles. The van der Waals surface area contributed by atoms with Gasteiger partial charge in [0.2, 0.25) is 0 Å². The van der Waals surface area contributed by atoms with E-state index >= 15 is 0 Å². The fourth-order valence-electron chi connectivity index (χ4n) is 2.04. The van der Waals surface area contributed by atoms with Crippen LogP contribution in [0.5, 0.6) is 11.5 Å². The lowest BCUT2D eigenvalue weighted by Crippen LogP contribution is -2.06. The number of rotatable bonds is 8. The summed E-state index contributed by atoms with van der Waals surface area (Å²) < 4.78 is 37.8. The van der Waals surface area contributed by atoms with E-state index in [-0.39, 0.29) is 6.61 Å². The van der Waals surface area contributed by atoms with Gasteiger partial charge in [0.05, 0.1) is 20.0 Å². The molecule has 0 unspecified atom stereocenters. The molecule has 0 atom stereocenters. The Bertz CT molecular complexity index is 726. The zero-order chi connectivity index (χ0) is 16.7. The molecule has 0 fully saturated rings. The second-order valence-corrected chi connectivity index (χ2v) is 6.68. The summed E-state index contributed by atoms with van der Waals surface area (Å²) in [5.74, 6) is 1.25. The average molecular weight is 336 g/mol. The molecule has 2 aromatic rings. The maximum absolute atomic E-state index is 11.0. The first kappa shape index (κ1) is 17.3. The van der Waals surface area contributed by atoms with Crippen molar-refractivity contribution in [2.75, 3.05) is 20.0 Å². The molecule has 0 saturated carbocycles. The highest BCUT2D eigenvalue weighted by Crippen LogP contribution is 2.29. The highest BCUT2D eigenvalue weighted by molar-refractivity contribution is 7.85. The first-order valence-electron chi connectivity index (χ1n) is 7.16. The third-order valence-corrected chi connectivity index (χ3v) is 3.75. The predicted octanol–water partition coefficient (Wildman–Crippen LogP) is 2.79. The molecule has 2 aromatic carbocycles. The van der Waals surface area contributed by atoms with E-state index in [4.69, 9.17) is 13.7 Å². The quantitative estimate of drug-likeness (QED) is 0.694. The summed E-state index contributed by atoms with van der Waals surface area (Å²) in [6, 6.07) is 15.3. The molecule has 0 aromatic heterocycles. The molecule has 23 heavy (non-hydrogen) atoms. The van der Waals surface area contributed by atoms with Crippen LogP contribution in [0.3, 0.4) is 0 Å². The number of benzene rings is 2. The van der Waals surface area contributed by atoms with Gasteiger partial charge in [0, 0.05) is 0 Å². The molecule has 0 radical (unpaired) electrons. The second kappa shape index (κ2) is 7.99. The summed E-state index contributed by atoms with van der Waals surface area (Å²) >= 11 is 0. The molecule has 124 valence electrons. The number of ether oxygens (including phenoxy) is 2. The highest BCUT2D eigenvalue weighted by Gasteiger charge is 2.08. The summed E-state index contributed by atoms with van der Waals surface area (Å²) in [6.45, 7) is 0.532. The minimum absolute atomic E-state index is 0.100. The Morgan fingerprint density at radius 3 is 2.35 bits per heavy atom. The third-order valence-electron chi connectivity index (χ3n) is 3.15. The predicted molar refractivity (Wildman–Crippen MR) is 88.3 cm³/mol. The van der Waals surface area contributed by atoms with Gasteiger partial charge >= 0.3 is 0 Å². The van der Waals surface area contributed by atoms with E-state index in [0.717, 1.165) is 17.4 Å². The smallest absolute Gasteiger partial charge is 0.264 e. The van der Waals surface area contributed by atoms with Gasteiger partial charge in [-0.05, 0) is 29.7 Å². The summed E-state index contributed by atoms with van der Waals surface area (Å²) in [7, 11) is -1.84. The van der Waals surface area contributed by atoms with E-state index in [1.807, 2.05) is 42.5 Å². The summed E-state index contributed by atoms with van der Waals surface area (Å²) in [4.78, 5) is 0. The summed E-state index contributed by atoms with van der Waals surface area (Å²) in [5, 5.41) is 0. The van der Waals surface area contributed by atoms with Gasteiger partial charge in [-0.25, -0.2) is 0 Å². The SMILES string of the molecule is COc1ccc(CCOS(C)(=O)=O)cc1OCc1ccccc1. The van der Waals surface area contributed by atoms with Crippen molar-refractivity contribution in [1.29, 1.82) is 0 Å². The molecule has 2 rings (SSSR count). The van der Waals surface area contributed by atoms with Crippen LogP contribution in [-0.4, -0.2) is 28.4 Å². The van der Waals surface area contributed by atoms with Gasteiger partial charge in [-0.15, -0.1) is 0 Å². The maximum Gasteiger partial charge on any atom is 0.264 e. The Morgan fingerprint density at radius 2 is 1.70 bits per heavy atom. The van der Waals surface area contributed by atoms with Gasteiger partial charge in [0.1, 0.15) is 6.61 Å². The molecular formula is C17H20O5S. The minimum Gasteiger partial charge on any atom is -0.493 e. The van der Waals surface area contributed by atoms with Gasteiger partial charge in [-0.1, -0.05) is 36.4 Å². The van der Waals surface area contributed by atoms with E-state index in [1.54, 1.807) is 13.2 Å². The molecule has 0 aliphatic heterocycles. The standard InChI is InChI=1S/C17H20O5S/c1-20-16-9-8-14(10-11-22-23(2,18)19)12-17(16)21-13-15-6-4-3-5-7-15/h3-9,12H,10-11,13H2,1-2H3. The third kappa shape index (κ3) is 5.92. The van der Waals surface area contributed by atoms with Gasteiger partial charge in [0.25, 0.3) is 10.1 Å². The van der Waals surface area contributed by atoms with Crippen LogP contribution in [0, 0.1) is 0 Å². The Morgan fingerprint density at radius 1 is 0.957 bits per heavy atom. The Hall–Kier alpha value is -2.05. The van der Waals surface area contributed by atoms with Gasteiger partial charge in [-0.2, -0.15) is 8.42 Å². The lowest BCUT2D eigenvalue weighted by atomic mass is 10.1. The Kier molecular flexibility index (Phi) is 6.01. The molecule has 6 heteroatoms. The van der Waals surface area contributed by atoms with Crippen molar-refractivity contribution in [3.63, 3.8) is 0 Å². The fourth-order valence-corrected chi connectivity index (χ4v) is 2.42. The molecular weight excluding hydrogens is 316 g/mol. The van der Waals surface area contributed by atoms with Crippen molar-refractivity contribution >= 4 is 10.1 Å². The van der Waals surface area contributed by atoms with Crippen LogP contribution in [0.2, 0.25) is 0 Å². The highest BCUT2D eigenvalue weighted by atomic mass is 32.2. The monoisotopic (exact) mass is 336 g/mol. The number of hydrogen-bond acceptors (Lipinski definition) is 5. The largest absolute Gasteiger partial charge is 0.493 e. The van der Waals surface area contributed by atoms with E-state index in [1.165, 1.54) is 0 Å². The van der Waals surface area contributed by atoms with Crippen molar-refractivity contribution in [2.45, 2.75) is 13.0 Å².